The minimum Gasteiger partial charge on any atom is -0.393 e. The largest absolute Gasteiger partial charge is 0.393 e. The standard InChI is InChI=1S/C16H26ClN5O/c17-14-20-15(18-11-5-3-1-2-4-6-11)22-16(21-14)19-12-7-9-13(23)10-8-12/h11-13,23H,1-10H2,(H2,18,19,20,21,22). The van der Waals surface area contributed by atoms with E-state index in [1.54, 1.807) is 0 Å². The van der Waals surface area contributed by atoms with Crippen molar-refractivity contribution in [3.8, 4) is 0 Å². The fourth-order valence-corrected chi connectivity index (χ4v) is 3.65. The van der Waals surface area contributed by atoms with Gasteiger partial charge in [0.25, 0.3) is 0 Å². The molecule has 1 aromatic heterocycles. The van der Waals surface area contributed by atoms with Crippen LogP contribution in [0, 0.1) is 0 Å². The quantitative estimate of drug-likeness (QED) is 0.729. The summed E-state index contributed by atoms with van der Waals surface area (Å²) in [4.78, 5) is 12.9. The van der Waals surface area contributed by atoms with Crippen molar-refractivity contribution in [2.75, 3.05) is 10.6 Å². The van der Waals surface area contributed by atoms with Gasteiger partial charge in [0.1, 0.15) is 0 Å². The Morgan fingerprint density at radius 1 is 0.739 bits per heavy atom. The number of halogens is 1. The molecule has 0 aromatic carbocycles. The van der Waals surface area contributed by atoms with Crippen LogP contribution in [0.15, 0.2) is 0 Å². The molecule has 2 aliphatic carbocycles. The van der Waals surface area contributed by atoms with E-state index in [0.717, 1.165) is 38.5 Å². The lowest BCUT2D eigenvalue weighted by Gasteiger charge is -2.26. The molecule has 2 saturated carbocycles. The molecule has 23 heavy (non-hydrogen) atoms. The Morgan fingerprint density at radius 2 is 1.26 bits per heavy atom. The SMILES string of the molecule is OC1CCC(Nc2nc(Cl)nc(NC3CCCCCC3)n2)CC1. The summed E-state index contributed by atoms with van der Waals surface area (Å²) in [5.74, 6) is 1.10. The number of nitrogens with zero attached hydrogens (tertiary/aromatic N) is 3. The molecule has 0 atom stereocenters. The lowest BCUT2D eigenvalue weighted by atomic mass is 9.93. The van der Waals surface area contributed by atoms with Crippen molar-refractivity contribution in [2.24, 2.45) is 0 Å². The Hall–Kier alpha value is -1.14. The Morgan fingerprint density at radius 3 is 1.83 bits per heavy atom. The molecule has 0 amide bonds. The zero-order chi connectivity index (χ0) is 16.1. The number of hydrogen-bond donors (Lipinski definition) is 3. The van der Waals surface area contributed by atoms with Crippen molar-refractivity contribution in [2.45, 2.75) is 82.4 Å². The van der Waals surface area contributed by atoms with E-state index in [4.69, 9.17) is 11.6 Å². The maximum absolute atomic E-state index is 9.59. The van der Waals surface area contributed by atoms with E-state index in [9.17, 15) is 5.11 Å². The summed E-state index contributed by atoms with van der Waals surface area (Å²) in [6.45, 7) is 0. The first kappa shape index (κ1) is 16.7. The fourth-order valence-electron chi connectivity index (χ4n) is 3.49. The smallest absolute Gasteiger partial charge is 0.229 e. The molecule has 7 heteroatoms. The highest BCUT2D eigenvalue weighted by Crippen LogP contribution is 2.23. The van der Waals surface area contributed by atoms with E-state index in [-0.39, 0.29) is 11.4 Å². The van der Waals surface area contributed by atoms with Gasteiger partial charge in [0, 0.05) is 12.1 Å². The van der Waals surface area contributed by atoms with Crippen LogP contribution < -0.4 is 10.6 Å². The average molecular weight is 340 g/mol. The van der Waals surface area contributed by atoms with Crippen LogP contribution in [0.25, 0.3) is 0 Å². The van der Waals surface area contributed by atoms with Crippen LogP contribution in [0.2, 0.25) is 5.28 Å². The molecule has 1 aromatic rings. The molecule has 6 nitrogen and oxygen atoms in total. The van der Waals surface area contributed by atoms with E-state index in [2.05, 4.69) is 25.6 Å². The van der Waals surface area contributed by atoms with Gasteiger partial charge in [-0.2, -0.15) is 15.0 Å². The fraction of sp³-hybridized carbons (Fsp3) is 0.812. The highest BCUT2D eigenvalue weighted by atomic mass is 35.5. The molecule has 2 fully saturated rings. The number of aromatic nitrogens is 3. The van der Waals surface area contributed by atoms with Gasteiger partial charge in [0.2, 0.25) is 17.2 Å². The zero-order valence-corrected chi connectivity index (χ0v) is 14.2. The van der Waals surface area contributed by atoms with Crippen LogP contribution in [0.4, 0.5) is 11.9 Å². The molecule has 128 valence electrons. The summed E-state index contributed by atoms with van der Waals surface area (Å²) in [6.07, 6.45) is 10.8. The summed E-state index contributed by atoms with van der Waals surface area (Å²) >= 11 is 6.06. The minimum absolute atomic E-state index is 0.164. The number of aliphatic hydroxyl groups is 1. The second-order valence-electron chi connectivity index (χ2n) is 6.73. The maximum atomic E-state index is 9.59. The van der Waals surface area contributed by atoms with Crippen molar-refractivity contribution >= 4 is 23.5 Å². The zero-order valence-electron chi connectivity index (χ0n) is 13.5. The summed E-state index contributed by atoms with van der Waals surface area (Å²) in [5.41, 5.74) is 0. The molecule has 0 bridgehead atoms. The Balaban J connectivity index is 1.61. The van der Waals surface area contributed by atoms with Gasteiger partial charge < -0.3 is 15.7 Å². The van der Waals surface area contributed by atoms with Gasteiger partial charge in [-0.15, -0.1) is 0 Å². The van der Waals surface area contributed by atoms with Crippen LogP contribution in [0.3, 0.4) is 0 Å². The maximum Gasteiger partial charge on any atom is 0.229 e. The summed E-state index contributed by atoms with van der Waals surface area (Å²) in [6, 6.07) is 0.719. The number of anilines is 2. The first-order valence-corrected chi connectivity index (χ1v) is 9.19. The van der Waals surface area contributed by atoms with Crippen LogP contribution in [0.5, 0.6) is 0 Å². The van der Waals surface area contributed by atoms with Crippen LogP contribution in [-0.4, -0.2) is 38.2 Å². The van der Waals surface area contributed by atoms with E-state index in [1.165, 1.54) is 25.7 Å². The van der Waals surface area contributed by atoms with Crippen molar-refractivity contribution < 1.29 is 5.11 Å². The molecule has 3 N–H and O–H groups in total. The minimum atomic E-state index is -0.164. The predicted octanol–water partition coefficient (Wildman–Crippen LogP) is 3.38. The van der Waals surface area contributed by atoms with Crippen molar-refractivity contribution in [3.63, 3.8) is 0 Å². The van der Waals surface area contributed by atoms with Gasteiger partial charge in [-0.3, -0.25) is 0 Å². The van der Waals surface area contributed by atoms with E-state index in [0.29, 0.717) is 24.0 Å². The van der Waals surface area contributed by atoms with Crippen molar-refractivity contribution in [1.82, 2.24) is 15.0 Å². The number of nitrogens with one attached hydrogen (secondary N) is 2. The lowest BCUT2D eigenvalue weighted by molar-refractivity contribution is 0.126. The average Bonchev–Trinajstić information content (AvgIpc) is 2.78. The van der Waals surface area contributed by atoms with Gasteiger partial charge in [-0.25, -0.2) is 0 Å². The molecule has 3 rings (SSSR count). The van der Waals surface area contributed by atoms with E-state index < -0.39 is 0 Å². The third kappa shape index (κ3) is 5.18. The predicted molar refractivity (Wildman–Crippen MR) is 91.8 cm³/mol. The van der Waals surface area contributed by atoms with E-state index >= 15 is 0 Å². The third-order valence-corrected chi connectivity index (χ3v) is 5.00. The summed E-state index contributed by atoms with van der Waals surface area (Å²) in [5, 5.41) is 16.6. The topological polar surface area (TPSA) is 83.0 Å². The van der Waals surface area contributed by atoms with Gasteiger partial charge in [-0.1, -0.05) is 25.7 Å². The van der Waals surface area contributed by atoms with Gasteiger partial charge in [-0.05, 0) is 50.1 Å². The molecule has 0 unspecified atom stereocenters. The Bertz CT molecular complexity index is 499. The monoisotopic (exact) mass is 339 g/mol. The molecule has 1 heterocycles. The normalized spacial score (nSPS) is 26.5. The first-order chi connectivity index (χ1) is 11.2. The number of rotatable bonds is 4. The summed E-state index contributed by atoms with van der Waals surface area (Å²) < 4.78 is 0. The molecular formula is C16H26ClN5O. The molecule has 0 spiro atoms. The van der Waals surface area contributed by atoms with Crippen molar-refractivity contribution in [1.29, 1.82) is 0 Å². The van der Waals surface area contributed by atoms with Gasteiger partial charge in [0.05, 0.1) is 6.10 Å². The molecule has 2 aliphatic rings. The lowest BCUT2D eigenvalue weighted by Crippen LogP contribution is -2.29. The van der Waals surface area contributed by atoms with Crippen LogP contribution in [-0.2, 0) is 0 Å². The highest BCUT2D eigenvalue weighted by molar-refractivity contribution is 6.28. The van der Waals surface area contributed by atoms with Crippen LogP contribution >= 0.6 is 11.6 Å². The highest BCUT2D eigenvalue weighted by Gasteiger charge is 2.21. The van der Waals surface area contributed by atoms with Crippen molar-refractivity contribution in [3.05, 3.63) is 5.28 Å². The Kier molecular flexibility index (Phi) is 5.89. The molecular weight excluding hydrogens is 314 g/mol. The first-order valence-electron chi connectivity index (χ1n) is 8.82. The van der Waals surface area contributed by atoms with Gasteiger partial charge in [0.15, 0.2) is 0 Å². The van der Waals surface area contributed by atoms with E-state index in [1.807, 2.05) is 0 Å². The Labute approximate surface area is 142 Å². The third-order valence-electron chi connectivity index (χ3n) is 4.83. The summed E-state index contributed by atoms with van der Waals surface area (Å²) in [7, 11) is 0. The number of hydrogen-bond acceptors (Lipinski definition) is 6. The molecule has 0 radical (unpaired) electrons. The molecule has 0 saturated heterocycles. The molecule has 0 aliphatic heterocycles. The number of aliphatic hydroxyl groups excluding tert-OH is 1. The van der Waals surface area contributed by atoms with Gasteiger partial charge >= 0.3 is 0 Å². The second kappa shape index (κ2) is 8.11. The second-order valence-corrected chi connectivity index (χ2v) is 7.07. The van der Waals surface area contributed by atoms with Crippen LogP contribution in [0.1, 0.15) is 64.2 Å².